The van der Waals surface area contributed by atoms with Gasteiger partial charge in [-0.3, -0.25) is 0 Å². The van der Waals surface area contributed by atoms with Crippen LogP contribution >= 0.6 is 11.6 Å². The van der Waals surface area contributed by atoms with Crippen molar-refractivity contribution in [2.75, 3.05) is 17.6 Å². The monoisotopic (exact) mass is 580 g/mol. The summed E-state index contributed by atoms with van der Waals surface area (Å²) in [6, 6.07) is 19.7. The van der Waals surface area contributed by atoms with E-state index < -0.39 is 12.6 Å². The molecule has 0 saturated carbocycles. The first-order chi connectivity index (χ1) is 19.7. The van der Waals surface area contributed by atoms with Gasteiger partial charge >= 0.3 is 6.18 Å². The minimum Gasteiger partial charge on any atom is -0.456 e. The number of alkyl halides is 3. The Labute approximate surface area is 237 Å². The number of nitrogens with two attached hydrogens (primary N) is 1. The minimum atomic E-state index is -4.20. The van der Waals surface area contributed by atoms with E-state index in [0.717, 1.165) is 0 Å². The van der Waals surface area contributed by atoms with Crippen LogP contribution in [-0.4, -0.2) is 31.5 Å². The van der Waals surface area contributed by atoms with Crippen molar-refractivity contribution in [2.45, 2.75) is 12.6 Å². The van der Waals surface area contributed by atoms with E-state index in [4.69, 9.17) is 26.8 Å². The predicted molar refractivity (Wildman–Crippen MR) is 152 cm³/mol. The van der Waals surface area contributed by atoms with Crippen molar-refractivity contribution in [1.29, 1.82) is 0 Å². The van der Waals surface area contributed by atoms with E-state index >= 15 is 0 Å². The summed E-state index contributed by atoms with van der Waals surface area (Å²) in [6.07, 6.45) is 5.23. The first kappa shape index (κ1) is 27.7. The fourth-order valence-corrected chi connectivity index (χ4v) is 4.09. The van der Waals surface area contributed by atoms with Crippen molar-refractivity contribution >= 4 is 34.3 Å². The van der Waals surface area contributed by atoms with Crippen LogP contribution < -0.4 is 20.5 Å². The first-order valence-electron chi connectivity index (χ1n) is 12.4. The molecular weight excluding hydrogens is 557 g/mol. The molecule has 2 aromatic carbocycles. The molecule has 12 heteroatoms. The van der Waals surface area contributed by atoms with Gasteiger partial charge in [-0.2, -0.15) is 13.2 Å². The zero-order valence-corrected chi connectivity index (χ0v) is 22.2. The smallest absolute Gasteiger partial charge is 0.390 e. The number of nitrogen functional groups attached to an aromatic ring is 1. The standard InChI is InChI=1S/C16H14F3N3O.C13H10ClN3O/c17-16(18,19)6-7-20-14-10-13(11-22-9-8-21-15(14)22)23-12-4-2-1-3-5-12;14-9-2-1-3-10(6-9)18-11-7-12(15)13-16-4-5-17(13)8-11/h1-5,8-11,20H,6-7H2;1-8H,15H2. The maximum Gasteiger partial charge on any atom is 0.390 e. The van der Waals surface area contributed by atoms with Gasteiger partial charge in [-0.15, -0.1) is 0 Å². The van der Waals surface area contributed by atoms with Gasteiger partial charge in [0.1, 0.15) is 23.0 Å². The van der Waals surface area contributed by atoms with Crippen molar-refractivity contribution < 1.29 is 22.6 Å². The van der Waals surface area contributed by atoms with Crippen molar-refractivity contribution in [3.8, 4) is 23.0 Å². The summed E-state index contributed by atoms with van der Waals surface area (Å²) in [5.41, 5.74) is 8.22. The molecule has 6 aromatic rings. The zero-order valence-electron chi connectivity index (χ0n) is 21.4. The lowest BCUT2D eigenvalue weighted by molar-refractivity contribution is -0.131. The third-order valence-corrected chi connectivity index (χ3v) is 5.92. The average molecular weight is 581 g/mol. The third-order valence-electron chi connectivity index (χ3n) is 5.69. The second kappa shape index (κ2) is 12.1. The molecule has 0 fully saturated rings. The molecule has 0 atom stereocenters. The second-order valence-corrected chi connectivity index (χ2v) is 9.24. The number of fused-ring (bicyclic) bond motifs is 2. The third kappa shape index (κ3) is 7.40. The van der Waals surface area contributed by atoms with Crippen LogP contribution in [0.3, 0.4) is 0 Å². The van der Waals surface area contributed by atoms with Gasteiger partial charge in [-0.05, 0) is 30.3 Å². The summed E-state index contributed by atoms with van der Waals surface area (Å²) in [7, 11) is 0. The van der Waals surface area contributed by atoms with Crippen LogP contribution in [0.15, 0.2) is 104 Å². The Kier molecular flexibility index (Phi) is 8.16. The van der Waals surface area contributed by atoms with Crippen molar-refractivity contribution in [3.63, 3.8) is 0 Å². The van der Waals surface area contributed by atoms with E-state index in [9.17, 15) is 13.2 Å². The highest BCUT2D eigenvalue weighted by Gasteiger charge is 2.26. The van der Waals surface area contributed by atoms with Crippen LogP contribution in [0.5, 0.6) is 23.0 Å². The molecule has 4 heterocycles. The van der Waals surface area contributed by atoms with E-state index in [-0.39, 0.29) is 6.54 Å². The molecule has 0 bridgehead atoms. The zero-order chi connectivity index (χ0) is 28.8. The number of aromatic nitrogens is 4. The van der Waals surface area contributed by atoms with Gasteiger partial charge in [0.05, 0.1) is 30.2 Å². The van der Waals surface area contributed by atoms with Gasteiger partial charge in [-0.25, -0.2) is 9.97 Å². The van der Waals surface area contributed by atoms with Crippen LogP contribution in [0.25, 0.3) is 11.3 Å². The van der Waals surface area contributed by atoms with E-state index in [0.29, 0.717) is 50.7 Å². The van der Waals surface area contributed by atoms with Gasteiger partial charge < -0.3 is 29.3 Å². The molecule has 4 aromatic heterocycles. The highest BCUT2D eigenvalue weighted by molar-refractivity contribution is 6.30. The number of benzene rings is 2. The highest BCUT2D eigenvalue weighted by atomic mass is 35.5. The molecule has 0 radical (unpaired) electrons. The van der Waals surface area contributed by atoms with Gasteiger partial charge in [-0.1, -0.05) is 35.9 Å². The number of imidazole rings is 2. The van der Waals surface area contributed by atoms with Gasteiger partial charge in [0.2, 0.25) is 0 Å². The molecule has 0 amide bonds. The number of rotatable bonds is 7. The second-order valence-electron chi connectivity index (χ2n) is 8.80. The molecule has 0 aliphatic rings. The summed E-state index contributed by atoms with van der Waals surface area (Å²) in [5, 5.41) is 3.40. The number of hydrogen-bond acceptors (Lipinski definition) is 6. The Balaban J connectivity index is 0.000000169. The summed E-state index contributed by atoms with van der Waals surface area (Å²) in [5.74, 6) is 2.46. The first-order valence-corrected chi connectivity index (χ1v) is 12.8. The Morgan fingerprint density at radius 1 is 0.780 bits per heavy atom. The molecule has 41 heavy (non-hydrogen) atoms. The Morgan fingerprint density at radius 2 is 1.41 bits per heavy atom. The van der Waals surface area contributed by atoms with E-state index in [1.807, 2.05) is 47.1 Å². The van der Waals surface area contributed by atoms with Crippen LogP contribution in [0.2, 0.25) is 5.02 Å². The lowest BCUT2D eigenvalue weighted by Gasteiger charge is -2.12. The quantitative estimate of drug-likeness (QED) is 0.200. The number of anilines is 2. The lowest BCUT2D eigenvalue weighted by Crippen LogP contribution is -2.15. The Bertz CT molecular complexity index is 1750. The molecule has 0 unspecified atom stereocenters. The fourth-order valence-electron chi connectivity index (χ4n) is 3.91. The van der Waals surface area contributed by atoms with E-state index in [1.54, 1.807) is 65.6 Å². The van der Waals surface area contributed by atoms with E-state index in [2.05, 4.69) is 15.3 Å². The summed E-state index contributed by atoms with van der Waals surface area (Å²) in [4.78, 5) is 8.29. The van der Waals surface area contributed by atoms with Gasteiger partial charge in [0, 0.05) is 48.5 Å². The molecule has 8 nitrogen and oxygen atoms in total. The molecule has 0 spiro atoms. The molecule has 0 aliphatic carbocycles. The van der Waals surface area contributed by atoms with Crippen molar-refractivity contribution in [2.24, 2.45) is 0 Å². The topological polar surface area (TPSA) is 91.1 Å². The molecule has 6 rings (SSSR count). The number of pyridine rings is 2. The lowest BCUT2D eigenvalue weighted by atomic mass is 10.3. The van der Waals surface area contributed by atoms with Crippen molar-refractivity contribution in [1.82, 2.24) is 18.8 Å². The Morgan fingerprint density at radius 3 is 2.12 bits per heavy atom. The number of halogens is 4. The van der Waals surface area contributed by atoms with Crippen LogP contribution in [-0.2, 0) is 0 Å². The molecule has 3 N–H and O–H groups in total. The number of nitrogens with one attached hydrogen (secondary N) is 1. The molecule has 0 aliphatic heterocycles. The summed E-state index contributed by atoms with van der Waals surface area (Å²) < 4.78 is 51.8. The summed E-state index contributed by atoms with van der Waals surface area (Å²) in [6.45, 7) is -0.221. The number of nitrogens with zero attached hydrogens (tertiary/aromatic N) is 4. The molecular formula is C29H24ClF3N6O2. The van der Waals surface area contributed by atoms with Crippen LogP contribution in [0, 0.1) is 0 Å². The maximum absolute atomic E-state index is 12.3. The Hall–Kier alpha value is -4.90. The fraction of sp³-hybridized carbons (Fsp3) is 0.103. The number of hydrogen-bond donors (Lipinski definition) is 2. The normalized spacial score (nSPS) is 11.2. The van der Waals surface area contributed by atoms with Gasteiger partial charge in [0.15, 0.2) is 11.3 Å². The van der Waals surface area contributed by atoms with Crippen LogP contribution in [0.1, 0.15) is 6.42 Å². The minimum absolute atomic E-state index is 0.221. The number of ether oxygens (including phenoxy) is 2. The average Bonchev–Trinajstić information content (AvgIpc) is 3.59. The SMILES string of the molecule is FC(F)(F)CCNc1cc(Oc2ccccc2)cn2ccnc12.Nc1cc(Oc2cccc(Cl)c2)cn2ccnc12. The molecule has 210 valence electrons. The molecule has 0 saturated heterocycles. The largest absolute Gasteiger partial charge is 0.456 e. The highest BCUT2D eigenvalue weighted by Crippen LogP contribution is 2.29. The summed E-state index contributed by atoms with van der Waals surface area (Å²) >= 11 is 5.90. The predicted octanol–water partition coefficient (Wildman–Crippen LogP) is 7.85. The number of para-hydroxylation sites is 1. The van der Waals surface area contributed by atoms with E-state index in [1.165, 1.54) is 0 Å². The van der Waals surface area contributed by atoms with Gasteiger partial charge in [0.25, 0.3) is 0 Å². The van der Waals surface area contributed by atoms with Crippen molar-refractivity contribution in [3.05, 3.63) is 109 Å². The maximum atomic E-state index is 12.3. The van der Waals surface area contributed by atoms with Crippen LogP contribution in [0.4, 0.5) is 24.5 Å².